The van der Waals surface area contributed by atoms with Crippen LogP contribution in [0.1, 0.15) is 49.2 Å². The van der Waals surface area contributed by atoms with E-state index in [-0.39, 0.29) is 11.6 Å². The van der Waals surface area contributed by atoms with Crippen molar-refractivity contribution in [2.45, 2.75) is 53.6 Å². The fraction of sp³-hybridized carbons (Fsp3) is 0.357. The molecule has 6 nitrogen and oxygen atoms in total. The van der Waals surface area contributed by atoms with Crippen LogP contribution in [0.4, 0.5) is 0 Å². The minimum atomic E-state index is -0.0339. The van der Waals surface area contributed by atoms with Gasteiger partial charge >= 0.3 is 0 Å². The molecule has 1 atom stereocenters. The highest BCUT2D eigenvalue weighted by Crippen LogP contribution is 2.29. The lowest BCUT2D eigenvalue weighted by Crippen LogP contribution is -2.39. The van der Waals surface area contributed by atoms with Crippen LogP contribution < -0.4 is 5.56 Å². The van der Waals surface area contributed by atoms with Crippen LogP contribution in [0.5, 0.6) is 0 Å². The Morgan fingerprint density at radius 3 is 2.71 bits per heavy atom. The molecule has 1 unspecified atom stereocenters. The van der Waals surface area contributed by atoms with Crippen LogP contribution in [0.2, 0.25) is 0 Å². The topological polar surface area (TPSA) is 63.9 Å². The third-order valence-corrected chi connectivity index (χ3v) is 6.79. The van der Waals surface area contributed by atoms with Crippen LogP contribution in [-0.2, 0) is 20.0 Å². The quantitative estimate of drug-likeness (QED) is 0.524. The van der Waals surface area contributed by atoms with Crippen LogP contribution >= 0.6 is 0 Å². The summed E-state index contributed by atoms with van der Waals surface area (Å²) in [6.45, 7) is 11.9. The van der Waals surface area contributed by atoms with E-state index in [1.165, 1.54) is 16.8 Å². The summed E-state index contributed by atoms with van der Waals surface area (Å²) in [5, 5.41) is 0. The molecule has 0 saturated heterocycles. The Morgan fingerprint density at radius 1 is 1.18 bits per heavy atom. The summed E-state index contributed by atoms with van der Waals surface area (Å²) in [6, 6.07) is 8.03. The van der Waals surface area contributed by atoms with E-state index in [4.69, 9.17) is 4.98 Å². The highest BCUT2D eigenvalue weighted by molar-refractivity contribution is 5.66. The maximum atomic E-state index is 12.4. The smallest absolute Gasteiger partial charge is 0.253 e. The van der Waals surface area contributed by atoms with Crippen molar-refractivity contribution in [3.63, 3.8) is 0 Å². The highest BCUT2D eigenvalue weighted by Gasteiger charge is 2.26. The molecule has 1 aliphatic rings. The van der Waals surface area contributed by atoms with E-state index in [1.807, 2.05) is 32.3 Å². The average molecular weight is 456 g/mol. The molecule has 34 heavy (non-hydrogen) atoms. The molecular weight excluding hydrogens is 422 g/mol. The number of fused-ring (bicyclic) bond motifs is 1. The van der Waals surface area contributed by atoms with Gasteiger partial charge in [0, 0.05) is 79.3 Å². The number of aryl methyl sites for hydroxylation is 2. The number of hydrogen-bond donors (Lipinski definition) is 0. The fourth-order valence-corrected chi connectivity index (χ4v) is 4.73. The van der Waals surface area contributed by atoms with Gasteiger partial charge in [0.15, 0.2) is 0 Å². The van der Waals surface area contributed by atoms with E-state index in [0.29, 0.717) is 0 Å². The van der Waals surface area contributed by atoms with Gasteiger partial charge in [-0.05, 0) is 63.5 Å². The fourth-order valence-electron chi connectivity index (χ4n) is 4.73. The zero-order valence-electron chi connectivity index (χ0n) is 21.0. The Labute approximate surface area is 201 Å². The monoisotopic (exact) mass is 455 g/mol. The van der Waals surface area contributed by atoms with Gasteiger partial charge in [0.1, 0.15) is 5.82 Å². The lowest BCUT2D eigenvalue weighted by atomic mass is 9.95. The minimum absolute atomic E-state index is 0.0339. The summed E-state index contributed by atoms with van der Waals surface area (Å²) in [4.78, 5) is 28.8. The molecule has 1 aliphatic heterocycles. The van der Waals surface area contributed by atoms with Crippen molar-refractivity contribution in [3.05, 3.63) is 93.2 Å². The van der Waals surface area contributed by atoms with Gasteiger partial charge in [-0.2, -0.15) is 0 Å². The van der Waals surface area contributed by atoms with Crippen LogP contribution in [-0.4, -0.2) is 37.0 Å². The molecule has 4 rings (SSSR count). The first-order valence-electron chi connectivity index (χ1n) is 11.8. The molecule has 3 aromatic heterocycles. The number of nitrogens with zero attached hydrogens (tertiary/aromatic N) is 5. The molecule has 3 aromatic rings. The van der Waals surface area contributed by atoms with Crippen molar-refractivity contribution in [3.8, 4) is 11.1 Å². The zero-order valence-corrected chi connectivity index (χ0v) is 21.0. The molecule has 0 spiro atoms. The van der Waals surface area contributed by atoms with Gasteiger partial charge in [0.2, 0.25) is 0 Å². The minimum Gasteiger partial charge on any atom is -0.296 e. The van der Waals surface area contributed by atoms with E-state index < -0.39 is 0 Å². The molecule has 0 saturated carbocycles. The van der Waals surface area contributed by atoms with Crippen LogP contribution in [0.3, 0.4) is 0 Å². The SMILES string of the molecule is C/C=C\C(/C(C)=C(/C)c1nc(C)cc(=O)n1C)N1CCc2ncc(-c3cccnc3C)cc2C1. The molecular formula is C28H33N5O. The van der Waals surface area contributed by atoms with Gasteiger partial charge in [0.05, 0.1) is 0 Å². The number of allylic oxidation sites excluding steroid dienone is 2. The Bertz CT molecular complexity index is 1330. The molecule has 6 heteroatoms. The lowest BCUT2D eigenvalue weighted by molar-refractivity contribution is 0.230. The number of pyridine rings is 2. The summed E-state index contributed by atoms with van der Waals surface area (Å²) >= 11 is 0. The van der Waals surface area contributed by atoms with E-state index in [2.05, 4.69) is 59.9 Å². The normalized spacial score (nSPS) is 15.8. The largest absolute Gasteiger partial charge is 0.296 e. The van der Waals surface area contributed by atoms with Crippen molar-refractivity contribution >= 4 is 5.57 Å². The van der Waals surface area contributed by atoms with E-state index in [9.17, 15) is 4.79 Å². The summed E-state index contributed by atoms with van der Waals surface area (Å²) in [5.74, 6) is 0.727. The maximum absolute atomic E-state index is 12.4. The first-order chi connectivity index (χ1) is 16.3. The average Bonchev–Trinajstić information content (AvgIpc) is 2.83. The molecule has 4 heterocycles. The van der Waals surface area contributed by atoms with Crippen molar-refractivity contribution in [1.29, 1.82) is 0 Å². The van der Waals surface area contributed by atoms with Crippen molar-refractivity contribution in [2.24, 2.45) is 7.05 Å². The van der Waals surface area contributed by atoms with E-state index >= 15 is 0 Å². The van der Waals surface area contributed by atoms with Gasteiger partial charge in [0.25, 0.3) is 5.56 Å². The molecule has 0 bridgehead atoms. The molecule has 0 aromatic carbocycles. The summed E-state index contributed by atoms with van der Waals surface area (Å²) in [7, 11) is 1.79. The van der Waals surface area contributed by atoms with E-state index in [1.54, 1.807) is 17.7 Å². The Hall–Kier alpha value is -3.38. The van der Waals surface area contributed by atoms with E-state index in [0.717, 1.165) is 53.4 Å². The van der Waals surface area contributed by atoms with Crippen molar-refractivity contribution in [2.75, 3.05) is 6.54 Å². The Kier molecular flexibility index (Phi) is 6.89. The van der Waals surface area contributed by atoms with Gasteiger partial charge in [-0.3, -0.25) is 24.2 Å². The van der Waals surface area contributed by atoms with Gasteiger partial charge in [-0.15, -0.1) is 0 Å². The predicted molar refractivity (Wildman–Crippen MR) is 137 cm³/mol. The molecule has 0 radical (unpaired) electrons. The second-order valence-corrected chi connectivity index (χ2v) is 9.08. The number of aromatic nitrogens is 4. The van der Waals surface area contributed by atoms with Gasteiger partial charge in [-0.25, -0.2) is 4.98 Å². The lowest BCUT2D eigenvalue weighted by Gasteiger charge is -2.35. The molecule has 0 aliphatic carbocycles. The highest BCUT2D eigenvalue weighted by atomic mass is 16.1. The molecule has 0 N–H and O–H groups in total. The maximum Gasteiger partial charge on any atom is 0.253 e. The zero-order chi connectivity index (χ0) is 24.4. The van der Waals surface area contributed by atoms with Crippen LogP contribution in [0.25, 0.3) is 16.7 Å². The van der Waals surface area contributed by atoms with Gasteiger partial charge < -0.3 is 0 Å². The van der Waals surface area contributed by atoms with Crippen LogP contribution in [0.15, 0.2) is 59.2 Å². The van der Waals surface area contributed by atoms with Crippen molar-refractivity contribution in [1.82, 2.24) is 24.4 Å². The second-order valence-electron chi connectivity index (χ2n) is 9.08. The molecule has 176 valence electrons. The summed E-state index contributed by atoms with van der Waals surface area (Å²) in [6.07, 6.45) is 9.04. The second kappa shape index (κ2) is 9.85. The first kappa shape index (κ1) is 23.8. The molecule has 0 amide bonds. The number of hydrogen-bond acceptors (Lipinski definition) is 5. The third-order valence-electron chi connectivity index (χ3n) is 6.79. The Morgan fingerprint density at radius 2 is 1.97 bits per heavy atom. The first-order valence-corrected chi connectivity index (χ1v) is 11.8. The summed E-state index contributed by atoms with van der Waals surface area (Å²) in [5.41, 5.74) is 8.60. The van der Waals surface area contributed by atoms with Crippen LogP contribution in [0, 0.1) is 13.8 Å². The van der Waals surface area contributed by atoms with Crippen molar-refractivity contribution < 1.29 is 0 Å². The number of rotatable bonds is 5. The molecule has 0 fully saturated rings. The predicted octanol–water partition coefficient (Wildman–Crippen LogP) is 4.65. The Balaban J connectivity index is 1.70. The third kappa shape index (κ3) is 4.64. The summed E-state index contributed by atoms with van der Waals surface area (Å²) < 4.78 is 1.64. The standard InChI is InChI=1S/C28H33N5O/c1-7-9-26(19(3)20(4)28-31-18(2)14-27(34)32(28)6)33-13-11-25-23(17-33)15-22(16-30-25)24-10-8-12-29-21(24)5/h7-10,12,14-16,26H,11,13,17H2,1-6H3/b9-7-,20-19-. The van der Waals surface area contributed by atoms with Gasteiger partial charge in [-0.1, -0.05) is 18.2 Å².